The number of hydrogen-bond acceptors (Lipinski definition) is 5. The Bertz CT molecular complexity index is 202. The molecule has 0 bridgehead atoms. The first-order chi connectivity index (χ1) is 5.52. The zero-order valence-corrected chi connectivity index (χ0v) is 7.63. The van der Waals surface area contributed by atoms with Crippen molar-refractivity contribution < 1.29 is 18.6 Å². The summed E-state index contributed by atoms with van der Waals surface area (Å²) in [6.07, 6.45) is -0.784. The van der Waals surface area contributed by atoms with Gasteiger partial charge >= 0.3 is 0 Å². The molecule has 0 rings (SSSR count). The summed E-state index contributed by atoms with van der Waals surface area (Å²) < 4.78 is 22.1. The quantitative estimate of drug-likeness (QED) is 0.462. The highest BCUT2D eigenvalue weighted by Crippen LogP contribution is 1.96. The first-order valence-corrected chi connectivity index (χ1v) is 5.53. The van der Waals surface area contributed by atoms with E-state index in [-0.39, 0.29) is 11.5 Å². The summed E-state index contributed by atoms with van der Waals surface area (Å²) in [7, 11) is -3.25. The Morgan fingerprint density at radius 2 is 2.00 bits per heavy atom. The zero-order valence-electron chi connectivity index (χ0n) is 6.81. The van der Waals surface area contributed by atoms with E-state index < -0.39 is 22.5 Å². The van der Waals surface area contributed by atoms with Crippen LogP contribution in [0, 0.1) is 0 Å². The molecule has 0 amide bonds. The highest BCUT2D eigenvalue weighted by Gasteiger charge is 2.15. The van der Waals surface area contributed by atoms with Gasteiger partial charge in [-0.05, 0) is 13.0 Å². The van der Waals surface area contributed by atoms with Crippen molar-refractivity contribution in [3.05, 3.63) is 0 Å². The van der Waals surface area contributed by atoms with E-state index in [0.717, 1.165) is 0 Å². The van der Waals surface area contributed by atoms with Crippen LogP contribution in [0.1, 0.15) is 6.42 Å². The van der Waals surface area contributed by atoms with Crippen LogP contribution in [0.25, 0.3) is 0 Å². The maximum Gasteiger partial charge on any atom is 0.152 e. The highest BCUT2D eigenvalue weighted by molar-refractivity contribution is 7.91. The van der Waals surface area contributed by atoms with Crippen LogP contribution < -0.4 is 5.73 Å². The molecule has 0 aromatic heterocycles. The molecule has 12 heavy (non-hydrogen) atoms. The molecule has 0 aromatic carbocycles. The maximum atomic E-state index is 11.0. The van der Waals surface area contributed by atoms with Crippen LogP contribution in [0.15, 0.2) is 0 Å². The lowest BCUT2D eigenvalue weighted by atomic mass is 10.4. The molecule has 4 N–H and O–H groups in total. The van der Waals surface area contributed by atoms with Crippen LogP contribution in [0.5, 0.6) is 0 Å². The Balaban J connectivity index is 3.88. The lowest BCUT2D eigenvalue weighted by Crippen LogP contribution is -2.26. The van der Waals surface area contributed by atoms with Crippen molar-refractivity contribution in [2.75, 3.05) is 24.7 Å². The van der Waals surface area contributed by atoms with E-state index in [1.165, 1.54) is 0 Å². The van der Waals surface area contributed by atoms with Gasteiger partial charge in [0.2, 0.25) is 0 Å². The first-order valence-electron chi connectivity index (χ1n) is 3.71. The molecule has 0 aliphatic carbocycles. The Morgan fingerprint density at radius 1 is 1.42 bits per heavy atom. The monoisotopic (exact) mass is 197 g/mol. The number of nitrogens with two attached hydrogens (primary N) is 1. The molecule has 0 saturated carbocycles. The van der Waals surface area contributed by atoms with Gasteiger partial charge in [0.1, 0.15) is 0 Å². The van der Waals surface area contributed by atoms with Gasteiger partial charge in [-0.3, -0.25) is 0 Å². The number of rotatable bonds is 6. The van der Waals surface area contributed by atoms with E-state index in [0.29, 0.717) is 13.0 Å². The number of hydrogen-bond donors (Lipinski definition) is 3. The van der Waals surface area contributed by atoms with Gasteiger partial charge in [-0.25, -0.2) is 8.42 Å². The lowest BCUT2D eigenvalue weighted by molar-refractivity contribution is 0.112. The molecule has 6 heteroatoms. The van der Waals surface area contributed by atoms with Crippen LogP contribution in [-0.4, -0.2) is 49.4 Å². The normalized spacial score (nSPS) is 14.6. The molecule has 0 saturated heterocycles. The fourth-order valence-corrected chi connectivity index (χ4v) is 2.20. The molecule has 0 radical (unpaired) electrons. The maximum absolute atomic E-state index is 11.0. The molecule has 1 unspecified atom stereocenters. The fraction of sp³-hybridized carbons (Fsp3) is 1.00. The largest absolute Gasteiger partial charge is 0.394 e. The van der Waals surface area contributed by atoms with Gasteiger partial charge in [0, 0.05) is 0 Å². The van der Waals surface area contributed by atoms with Crippen LogP contribution in [0.4, 0.5) is 0 Å². The van der Waals surface area contributed by atoms with Crippen molar-refractivity contribution in [3.8, 4) is 0 Å². The van der Waals surface area contributed by atoms with E-state index in [9.17, 15) is 8.42 Å². The van der Waals surface area contributed by atoms with Crippen molar-refractivity contribution in [1.82, 2.24) is 0 Å². The molecule has 0 spiro atoms. The number of aliphatic hydroxyl groups excluding tert-OH is 2. The van der Waals surface area contributed by atoms with E-state index in [2.05, 4.69) is 0 Å². The molecule has 0 aromatic rings. The Hall–Kier alpha value is -0.170. The Labute approximate surface area is 72.1 Å². The molecule has 1 atom stereocenters. The van der Waals surface area contributed by atoms with Gasteiger partial charge in [-0.2, -0.15) is 0 Å². The van der Waals surface area contributed by atoms with E-state index in [1.54, 1.807) is 0 Å². The number of sulfone groups is 1. The van der Waals surface area contributed by atoms with Crippen molar-refractivity contribution >= 4 is 9.84 Å². The minimum Gasteiger partial charge on any atom is -0.394 e. The van der Waals surface area contributed by atoms with E-state index >= 15 is 0 Å². The average Bonchev–Trinajstić information content (AvgIpc) is 2.00. The molecule has 0 heterocycles. The summed E-state index contributed by atoms with van der Waals surface area (Å²) in [5.41, 5.74) is 5.12. The third kappa shape index (κ3) is 5.48. The van der Waals surface area contributed by atoms with E-state index in [1.807, 2.05) is 0 Å². The molecule has 0 fully saturated rings. The summed E-state index contributed by atoms with van der Waals surface area (Å²) in [6, 6.07) is 0. The highest BCUT2D eigenvalue weighted by atomic mass is 32.2. The summed E-state index contributed by atoms with van der Waals surface area (Å²) in [6.45, 7) is -0.212. The van der Waals surface area contributed by atoms with Crippen LogP contribution in [-0.2, 0) is 9.84 Å². The molecule has 0 aliphatic heterocycles. The molecule has 5 nitrogen and oxygen atoms in total. The fourth-order valence-electron chi connectivity index (χ4n) is 0.732. The van der Waals surface area contributed by atoms with Gasteiger partial charge in [-0.15, -0.1) is 0 Å². The van der Waals surface area contributed by atoms with Crippen LogP contribution in [0.2, 0.25) is 0 Å². The van der Waals surface area contributed by atoms with Crippen molar-refractivity contribution in [2.45, 2.75) is 12.5 Å². The number of aliphatic hydroxyl groups is 2. The van der Waals surface area contributed by atoms with Gasteiger partial charge < -0.3 is 15.9 Å². The van der Waals surface area contributed by atoms with Gasteiger partial charge in [-0.1, -0.05) is 0 Å². The summed E-state index contributed by atoms with van der Waals surface area (Å²) >= 11 is 0. The second-order valence-electron chi connectivity index (χ2n) is 2.59. The smallest absolute Gasteiger partial charge is 0.152 e. The molecule has 74 valence electrons. The minimum absolute atomic E-state index is 0.0272. The molecular weight excluding hydrogens is 182 g/mol. The predicted molar refractivity (Wildman–Crippen MR) is 45.4 cm³/mol. The first kappa shape index (κ1) is 11.8. The van der Waals surface area contributed by atoms with Gasteiger partial charge in [0.25, 0.3) is 0 Å². The lowest BCUT2D eigenvalue weighted by Gasteiger charge is -2.07. The summed E-state index contributed by atoms with van der Waals surface area (Å²) in [5.74, 6) is -0.413. The second-order valence-corrected chi connectivity index (χ2v) is 4.82. The van der Waals surface area contributed by atoms with Gasteiger partial charge in [0.05, 0.1) is 24.2 Å². The average molecular weight is 197 g/mol. The molecular formula is C6H15NO4S. The van der Waals surface area contributed by atoms with Crippen LogP contribution >= 0.6 is 0 Å². The Kier molecular flexibility index (Phi) is 5.39. The molecule has 0 aliphatic rings. The standard InChI is InChI=1S/C6H15NO4S/c7-2-1-3-12(10,11)5-6(9)4-8/h6,8-9H,1-5,7H2. The predicted octanol–water partition coefficient (Wildman–Crippen LogP) is -1.90. The Morgan fingerprint density at radius 3 is 2.42 bits per heavy atom. The van der Waals surface area contributed by atoms with Crippen molar-refractivity contribution in [1.29, 1.82) is 0 Å². The summed E-state index contributed by atoms with van der Waals surface area (Å²) in [5, 5.41) is 17.2. The minimum atomic E-state index is -3.25. The second kappa shape index (κ2) is 5.47. The van der Waals surface area contributed by atoms with Crippen molar-refractivity contribution in [2.24, 2.45) is 5.73 Å². The van der Waals surface area contributed by atoms with E-state index in [4.69, 9.17) is 15.9 Å². The van der Waals surface area contributed by atoms with Gasteiger partial charge in [0.15, 0.2) is 9.84 Å². The third-order valence-corrected chi connectivity index (χ3v) is 3.12. The summed E-state index contributed by atoms with van der Waals surface area (Å²) in [4.78, 5) is 0. The third-order valence-electron chi connectivity index (χ3n) is 1.32. The zero-order chi connectivity index (χ0) is 9.61. The SMILES string of the molecule is NCCCS(=O)(=O)CC(O)CO. The van der Waals surface area contributed by atoms with Crippen LogP contribution in [0.3, 0.4) is 0 Å². The van der Waals surface area contributed by atoms with Crippen molar-refractivity contribution in [3.63, 3.8) is 0 Å². The topological polar surface area (TPSA) is 101 Å².